The standard InChI is InChI=1S/C15H25NO3/c1-4-6-8-12(3)13-11-14(17)16(15(13)18)9-7-10-19-5-2/h5,12-13H,2,4,6-11H2,1,3H3. The van der Waals surface area contributed by atoms with Gasteiger partial charge in [-0.1, -0.05) is 33.3 Å². The Balaban J connectivity index is 2.45. The second kappa shape index (κ2) is 7.97. The molecule has 2 amide bonds. The lowest BCUT2D eigenvalue weighted by Gasteiger charge is -2.18. The van der Waals surface area contributed by atoms with Gasteiger partial charge in [-0.3, -0.25) is 14.5 Å². The quantitative estimate of drug-likeness (QED) is 0.366. The molecule has 19 heavy (non-hydrogen) atoms. The Morgan fingerprint density at radius 2 is 2.21 bits per heavy atom. The minimum absolute atomic E-state index is 0.00667. The lowest BCUT2D eigenvalue weighted by atomic mass is 9.88. The molecule has 4 heteroatoms. The van der Waals surface area contributed by atoms with Gasteiger partial charge >= 0.3 is 0 Å². The van der Waals surface area contributed by atoms with E-state index in [-0.39, 0.29) is 17.7 Å². The predicted octanol–water partition coefficient (Wildman–Crippen LogP) is 2.74. The van der Waals surface area contributed by atoms with Gasteiger partial charge in [-0.25, -0.2) is 0 Å². The number of carbonyl (C=O) groups is 2. The molecule has 0 aromatic heterocycles. The summed E-state index contributed by atoms with van der Waals surface area (Å²) in [5.74, 6) is 0.161. The summed E-state index contributed by atoms with van der Waals surface area (Å²) in [6.07, 6.45) is 5.69. The summed E-state index contributed by atoms with van der Waals surface area (Å²) in [4.78, 5) is 25.5. The van der Waals surface area contributed by atoms with Crippen LogP contribution >= 0.6 is 0 Å². The predicted molar refractivity (Wildman–Crippen MR) is 74.3 cm³/mol. The molecule has 1 aliphatic rings. The number of nitrogens with zero attached hydrogens (tertiary/aromatic N) is 1. The van der Waals surface area contributed by atoms with Crippen molar-refractivity contribution in [1.29, 1.82) is 0 Å². The van der Waals surface area contributed by atoms with Crippen molar-refractivity contribution < 1.29 is 14.3 Å². The Morgan fingerprint density at radius 3 is 2.84 bits per heavy atom. The molecular weight excluding hydrogens is 242 g/mol. The maximum absolute atomic E-state index is 12.2. The molecule has 2 atom stereocenters. The first-order chi connectivity index (χ1) is 9.11. The van der Waals surface area contributed by atoms with Crippen LogP contribution in [-0.4, -0.2) is 29.9 Å². The van der Waals surface area contributed by atoms with E-state index >= 15 is 0 Å². The molecular formula is C15H25NO3. The molecule has 0 N–H and O–H groups in total. The summed E-state index contributed by atoms with van der Waals surface area (Å²) in [6, 6.07) is 0. The van der Waals surface area contributed by atoms with E-state index in [0.29, 0.717) is 31.9 Å². The zero-order chi connectivity index (χ0) is 14.3. The van der Waals surface area contributed by atoms with Gasteiger partial charge in [0.15, 0.2) is 0 Å². The highest BCUT2D eigenvalue weighted by molar-refractivity contribution is 6.03. The summed E-state index contributed by atoms with van der Waals surface area (Å²) in [5.41, 5.74) is 0. The van der Waals surface area contributed by atoms with Crippen molar-refractivity contribution in [3.8, 4) is 0 Å². The Kier molecular flexibility index (Phi) is 6.60. The third kappa shape index (κ3) is 4.37. The van der Waals surface area contributed by atoms with Gasteiger partial charge in [-0.2, -0.15) is 0 Å². The highest BCUT2D eigenvalue weighted by Crippen LogP contribution is 2.29. The van der Waals surface area contributed by atoms with Crippen molar-refractivity contribution in [3.05, 3.63) is 12.8 Å². The molecule has 0 bridgehead atoms. The highest BCUT2D eigenvalue weighted by Gasteiger charge is 2.40. The minimum atomic E-state index is -0.112. The normalized spacial score (nSPS) is 20.7. The van der Waals surface area contributed by atoms with Crippen LogP contribution in [0.1, 0.15) is 46.0 Å². The van der Waals surface area contributed by atoms with E-state index in [1.165, 1.54) is 11.2 Å². The summed E-state index contributed by atoms with van der Waals surface area (Å²) < 4.78 is 5.01. The van der Waals surface area contributed by atoms with Crippen LogP contribution in [0, 0.1) is 11.8 Å². The fourth-order valence-corrected chi connectivity index (χ4v) is 2.50. The van der Waals surface area contributed by atoms with Crippen LogP contribution in [0.15, 0.2) is 12.8 Å². The topological polar surface area (TPSA) is 46.6 Å². The van der Waals surface area contributed by atoms with Crippen LogP contribution in [-0.2, 0) is 14.3 Å². The fraction of sp³-hybridized carbons (Fsp3) is 0.733. The summed E-state index contributed by atoms with van der Waals surface area (Å²) >= 11 is 0. The van der Waals surface area contributed by atoms with E-state index in [1.54, 1.807) is 0 Å². The van der Waals surface area contributed by atoms with Crippen molar-refractivity contribution in [2.24, 2.45) is 11.8 Å². The molecule has 0 radical (unpaired) electrons. The number of rotatable bonds is 9. The molecule has 1 aliphatic heterocycles. The van der Waals surface area contributed by atoms with Crippen LogP contribution < -0.4 is 0 Å². The zero-order valence-corrected chi connectivity index (χ0v) is 12.1. The largest absolute Gasteiger partial charge is 0.502 e. The third-order valence-corrected chi connectivity index (χ3v) is 3.74. The molecule has 2 unspecified atom stereocenters. The van der Waals surface area contributed by atoms with Crippen LogP contribution in [0.3, 0.4) is 0 Å². The van der Waals surface area contributed by atoms with E-state index in [2.05, 4.69) is 20.4 Å². The van der Waals surface area contributed by atoms with Gasteiger partial charge in [0.1, 0.15) is 0 Å². The van der Waals surface area contributed by atoms with Gasteiger partial charge in [0.05, 0.1) is 12.9 Å². The Morgan fingerprint density at radius 1 is 1.47 bits per heavy atom. The number of hydrogen-bond donors (Lipinski definition) is 0. The lowest BCUT2D eigenvalue weighted by Crippen LogP contribution is -2.33. The molecule has 4 nitrogen and oxygen atoms in total. The third-order valence-electron chi connectivity index (χ3n) is 3.74. The first-order valence-corrected chi connectivity index (χ1v) is 7.18. The zero-order valence-electron chi connectivity index (χ0n) is 12.1. The van der Waals surface area contributed by atoms with E-state index < -0.39 is 0 Å². The van der Waals surface area contributed by atoms with E-state index in [0.717, 1.165) is 19.3 Å². The maximum Gasteiger partial charge on any atom is 0.233 e. The number of imide groups is 1. The fourth-order valence-electron chi connectivity index (χ4n) is 2.50. The first kappa shape index (κ1) is 15.7. The summed E-state index contributed by atoms with van der Waals surface area (Å²) in [6.45, 7) is 8.63. The van der Waals surface area contributed by atoms with Crippen LogP contribution in [0.2, 0.25) is 0 Å². The molecule has 1 rings (SSSR count). The molecule has 1 saturated heterocycles. The molecule has 1 heterocycles. The van der Waals surface area contributed by atoms with Crippen molar-refractivity contribution in [1.82, 2.24) is 4.90 Å². The number of hydrogen-bond acceptors (Lipinski definition) is 3. The minimum Gasteiger partial charge on any atom is -0.502 e. The number of amides is 2. The molecule has 0 aromatic carbocycles. The molecule has 1 fully saturated rings. The highest BCUT2D eigenvalue weighted by atomic mass is 16.5. The van der Waals surface area contributed by atoms with Gasteiger partial charge < -0.3 is 4.74 Å². The van der Waals surface area contributed by atoms with Gasteiger partial charge in [-0.15, -0.1) is 0 Å². The Labute approximate surface area is 115 Å². The van der Waals surface area contributed by atoms with Crippen molar-refractivity contribution in [2.45, 2.75) is 46.0 Å². The number of likely N-dealkylation sites (tertiary alicyclic amines) is 1. The number of ether oxygens (including phenoxy) is 1. The second-order valence-corrected chi connectivity index (χ2v) is 5.20. The van der Waals surface area contributed by atoms with E-state index in [9.17, 15) is 9.59 Å². The van der Waals surface area contributed by atoms with Crippen LogP contribution in [0.4, 0.5) is 0 Å². The molecule has 0 aromatic rings. The van der Waals surface area contributed by atoms with Gasteiger partial charge in [0, 0.05) is 18.9 Å². The maximum atomic E-state index is 12.2. The lowest BCUT2D eigenvalue weighted by molar-refractivity contribution is -0.139. The van der Waals surface area contributed by atoms with Crippen molar-refractivity contribution >= 4 is 11.8 Å². The summed E-state index contributed by atoms with van der Waals surface area (Å²) in [5, 5.41) is 0. The molecule has 0 aliphatic carbocycles. The first-order valence-electron chi connectivity index (χ1n) is 7.18. The van der Waals surface area contributed by atoms with Crippen molar-refractivity contribution in [2.75, 3.05) is 13.2 Å². The number of unbranched alkanes of at least 4 members (excludes halogenated alkanes) is 1. The molecule has 0 saturated carbocycles. The van der Waals surface area contributed by atoms with E-state index in [4.69, 9.17) is 4.74 Å². The van der Waals surface area contributed by atoms with Crippen LogP contribution in [0.5, 0.6) is 0 Å². The smallest absolute Gasteiger partial charge is 0.233 e. The average molecular weight is 267 g/mol. The van der Waals surface area contributed by atoms with Crippen LogP contribution in [0.25, 0.3) is 0 Å². The van der Waals surface area contributed by atoms with Gasteiger partial charge in [0.25, 0.3) is 0 Å². The number of carbonyl (C=O) groups excluding carboxylic acids is 2. The summed E-state index contributed by atoms with van der Waals surface area (Å²) in [7, 11) is 0. The van der Waals surface area contributed by atoms with Crippen molar-refractivity contribution in [3.63, 3.8) is 0 Å². The molecule has 108 valence electrons. The van der Waals surface area contributed by atoms with Gasteiger partial charge in [-0.05, 0) is 18.8 Å². The SMILES string of the molecule is C=COCCCN1C(=O)CC(C(C)CCCC)C1=O. The second-order valence-electron chi connectivity index (χ2n) is 5.20. The Bertz CT molecular complexity index is 327. The van der Waals surface area contributed by atoms with Gasteiger partial charge in [0.2, 0.25) is 11.8 Å². The Hall–Kier alpha value is -1.32. The van der Waals surface area contributed by atoms with E-state index in [1.807, 2.05) is 0 Å². The molecule has 0 spiro atoms. The average Bonchev–Trinajstić information content (AvgIpc) is 2.68. The monoisotopic (exact) mass is 267 g/mol.